The van der Waals surface area contributed by atoms with E-state index in [2.05, 4.69) is 43.2 Å². The van der Waals surface area contributed by atoms with Crippen molar-refractivity contribution in [1.82, 2.24) is 14.9 Å². The fourth-order valence-corrected chi connectivity index (χ4v) is 2.21. The molecule has 0 unspecified atom stereocenters. The lowest BCUT2D eigenvalue weighted by molar-refractivity contribution is 0.312. The average Bonchev–Trinajstić information content (AvgIpc) is 2.74. The van der Waals surface area contributed by atoms with Crippen molar-refractivity contribution in [2.24, 2.45) is 0 Å². The van der Waals surface area contributed by atoms with Gasteiger partial charge in [0.05, 0.1) is 16.9 Å². The quantitative estimate of drug-likeness (QED) is 0.869. The maximum absolute atomic E-state index is 4.34. The maximum Gasteiger partial charge on any atom is 0.0795 e. The van der Waals surface area contributed by atoms with Crippen molar-refractivity contribution in [1.29, 1.82) is 0 Å². The largest absolute Gasteiger partial charge is 0.295 e. The topological polar surface area (TPSA) is 29.0 Å². The van der Waals surface area contributed by atoms with E-state index in [9.17, 15) is 0 Å². The molecule has 84 valence electrons. The number of thiazole rings is 1. The first-order valence-electron chi connectivity index (χ1n) is 4.90. The molecule has 5 heteroatoms. The summed E-state index contributed by atoms with van der Waals surface area (Å²) in [5, 5.41) is 2.07. The Labute approximate surface area is 107 Å². The summed E-state index contributed by atoms with van der Waals surface area (Å²) in [6.07, 6.45) is 1.83. The van der Waals surface area contributed by atoms with Crippen molar-refractivity contribution in [3.05, 3.63) is 45.1 Å². The van der Waals surface area contributed by atoms with Crippen LogP contribution in [0.3, 0.4) is 0 Å². The van der Waals surface area contributed by atoms with E-state index in [0.717, 1.165) is 29.0 Å². The molecule has 0 amide bonds. The molecule has 0 atom stereocenters. The van der Waals surface area contributed by atoms with Crippen LogP contribution < -0.4 is 0 Å². The van der Waals surface area contributed by atoms with Crippen LogP contribution in [0, 0.1) is 0 Å². The molecule has 0 aliphatic rings. The normalized spacial score (nSPS) is 10.9. The standard InChI is InChI=1S/C11H12BrN3S/c1-15(6-11-7-16-8-14-11)5-10-3-2-9(12)4-13-10/h2-4,7-8H,5-6H2,1H3. The Kier molecular flexibility index (Phi) is 4.04. The second kappa shape index (κ2) is 5.52. The van der Waals surface area contributed by atoms with E-state index in [1.54, 1.807) is 11.3 Å². The first-order chi connectivity index (χ1) is 7.74. The van der Waals surface area contributed by atoms with E-state index in [1.807, 2.05) is 23.8 Å². The Hall–Kier alpha value is -0.780. The van der Waals surface area contributed by atoms with Gasteiger partial charge in [0.1, 0.15) is 0 Å². The van der Waals surface area contributed by atoms with Crippen molar-refractivity contribution in [2.45, 2.75) is 13.1 Å². The van der Waals surface area contributed by atoms with Gasteiger partial charge in [-0.2, -0.15) is 0 Å². The molecule has 0 bridgehead atoms. The van der Waals surface area contributed by atoms with Gasteiger partial charge in [-0.3, -0.25) is 9.88 Å². The molecular weight excluding hydrogens is 286 g/mol. The molecule has 0 saturated heterocycles. The van der Waals surface area contributed by atoms with Gasteiger partial charge in [-0.15, -0.1) is 11.3 Å². The van der Waals surface area contributed by atoms with Gasteiger partial charge in [0.2, 0.25) is 0 Å². The minimum Gasteiger partial charge on any atom is -0.295 e. The molecule has 0 aliphatic heterocycles. The number of pyridine rings is 1. The number of hydrogen-bond donors (Lipinski definition) is 0. The predicted molar refractivity (Wildman–Crippen MR) is 69.2 cm³/mol. The van der Waals surface area contributed by atoms with Gasteiger partial charge in [0, 0.05) is 29.1 Å². The van der Waals surface area contributed by atoms with Crippen molar-refractivity contribution >= 4 is 27.3 Å². The summed E-state index contributed by atoms with van der Waals surface area (Å²) in [6.45, 7) is 1.70. The van der Waals surface area contributed by atoms with Crippen LogP contribution in [-0.2, 0) is 13.1 Å². The number of nitrogens with zero attached hydrogens (tertiary/aromatic N) is 3. The van der Waals surface area contributed by atoms with Gasteiger partial charge < -0.3 is 0 Å². The Balaban J connectivity index is 1.92. The van der Waals surface area contributed by atoms with Crippen molar-refractivity contribution in [3.63, 3.8) is 0 Å². The molecule has 0 radical (unpaired) electrons. The van der Waals surface area contributed by atoms with Gasteiger partial charge in [-0.25, -0.2) is 4.98 Å². The molecule has 0 spiro atoms. The smallest absolute Gasteiger partial charge is 0.0795 e. The van der Waals surface area contributed by atoms with E-state index in [1.165, 1.54) is 0 Å². The Morgan fingerprint density at radius 3 is 2.69 bits per heavy atom. The number of halogens is 1. The fourth-order valence-electron chi connectivity index (χ4n) is 1.42. The molecule has 2 heterocycles. The van der Waals surface area contributed by atoms with E-state index < -0.39 is 0 Å². The lowest BCUT2D eigenvalue weighted by atomic mass is 10.3. The molecule has 2 aromatic heterocycles. The highest BCUT2D eigenvalue weighted by Crippen LogP contribution is 2.10. The van der Waals surface area contributed by atoms with Crippen LogP contribution in [0.25, 0.3) is 0 Å². The summed E-state index contributed by atoms with van der Waals surface area (Å²) in [5.74, 6) is 0. The molecule has 0 N–H and O–H groups in total. The average molecular weight is 298 g/mol. The van der Waals surface area contributed by atoms with E-state index >= 15 is 0 Å². The third-order valence-electron chi connectivity index (χ3n) is 2.14. The summed E-state index contributed by atoms with van der Waals surface area (Å²) in [7, 11) is 2.07. The molecule has 0 aromatic carbocycles. The predicted octanol–water partition coefficient (Wildman–Crippen LogP) is 2.93. The lowest BCUT2D eigenvalue weighted by Crippen LogP contribution is -2.18. The van der Waals surface area contributed by atoms with Crippen LogP contribution in [0.4, 0.5) is 0 Å². The molecule has 16 heavy (non-hydrogen) atoms. The summed E-state index contributed by atoms with van der Waals surface area (Å²) in [6, 6.07) is 4.04. The molecule has 0 fully saturated rings. The number of aromatic nitrogens is 2. The zero-order chi connectivity index (χ0) is 11.4. The number of hydrogen-bond acceptors (Lipinski definition) is 4. The van der Waals surface area contributed by atoms with Gasteiger partial charge in [-0.1, -0.05) is 0 Å². The first kappa shape index (κ1) is 11.7. The third-order valence-corrected chi connectivity index (χ3v) is 3.24. The van der Waals surface area contributed by atoms with Gasteiger partial charge in [0.15, 0.2) is 0 Å². The highest BCUT2D eigenvalue weighted by atomic mass is 79.9. The van der Waals surface area contributed by atoms with Gasteiger partial charge >= 0.3 is 0 Å². The van der Waals surface area contributed by atoms with Crippen molar-refractivity contribution in [2.75, 3.05) is 7.05 Å². The minimum absolute atomic E-state index is 0.838. The first-order valence-corrected chi connectivity index (χ1v) is 6.63. The highest BCUT2D eigenvalue weighted by Gasteiger charge is 2.03. The highest BCUT2D eigenvalue weighted by molar-refractivity contribution is 9.10. The van der Waals surface area contributed by atoms with Crippen LogP contribution >= 0.6 is 27.3 Å². The molecule has 3 nitrogen and oxygen atoms in total. The number of rotatable bonds is 4. The molecular formula is C11H12BrN3S. The Morgan fingerprint density at radius 2 is 2.06 bits per heavy atom. The van der Waals surface area contributed by atoms with Crippen LogP contribution in [0.15, 0.2) is 33.7 Å². The summed E-state index contributed by atoms with van der Waals surface area (Å²) in [5.41, 5.74) is 4.05. The maximum atomic E-state index is 4.34. The second-order valence-electron chi connectivity index (χ2n) is 3.62. The van der Waals surface area contributed by atoms with Gasteiger partial charge in [0.25, 0.3) is 0 Å². The van der Waals surface area contributed by atoms with Crippen LogP contribution in [0.2, 0.25) is 0 Å². The minimum atomic E-state index is 0.838. The second-order valence-corrected chi connectivity index (χ2v) is 5.25. The van der Waals surface area contributed by atoms with Crippen LogP contribution in [-0.4, -0.2) is 21.9 Å². The van der Waals surface area contributed by atoms with Crippen LogP contribution in [0.5, 0.6) is 0 Å². The fraction of sp³-hybridized carbons (Fsp3) is 0.273. The lowest BCUT2D eigenvalue weighted by Gasteiger charge is -2.14. The SMILES string of the molecule is CN(Cc1ccc(Br)cn1)Cc1cscn1. The van der Waals surface area contributed by atoms with Gasteiger partial charge in [-0.05, 0) is 35.1 Å². The molecule has 0 saturated carbocycles. The van der Waals surface area contributed by atoms with E-state index in [4.69, 9.17) is 0 Å². The Morgan fingerprint density at radius 1 is 1.25 bits per heavy atom. The van der Waals surface area contributed by atoms with E-state index in [-0.39, 0.29) is 0 Å². The monoisotopic (exact) mass is 297 g/mol. The zero-order valence-corrected chi connectivity index (χ0v) is 11.3. The molecule has 2 aromatic rings. The van der Waals surface area contributed by atoms with Crippen molar-refractivity contribution in [3.8, 4) is 0 Å². The Bertz CT molecular complexity index is 427. The summed E-state index contributed by atoms with van der Waals surface area (Å²) < 4.78 is 1.01. The van der Waals surface area contributed by atoms with Crippen molar-refractivity contribution < 1.29 is 0 Å². The van der Waals surface area contributed by atoms with Crippen LogP contribution in [0.1, 0.15) is 11.4 Å². The zero-order valence-electron chi connectivity index (χ0n) is 8.93. The van der Waals surface area contributed by atoms with E-state index in [0.29, 0.717) is 0 Å². The third kappa shape index (κ3) is 3.37. The molecule has 0 aliphatic carbocycles. The summed E-state index contributed by atoms with van der Waals surface area (Å²) in [4.78, 5) is 10.8. The molecule has 2 rings (SSSR count). The summed E-state index contributed by atoms with van der Waals surface area (Å²) >= 11 is 5.01.